The Kier molecular flexibility index (Phi) is 2.23. The fourth-order valence-electron chi connectivity index (χ4n) is 1.46. The lowest BCUT2D eigenvalue weighted by Gasteiger charge is -2.18. The standard InChI is InChI=1S/C12H13NS/c1-12(2,14)10-5-6-11-9(8-10)4-3-7-13-11/h3-8,14H,1-2H3. The maximum Gasteiger partial charge on any atom is 0.0702 e. The van der Waals surface area contributed by atoms with Crippen LogP contribution in [0.1, 0.15) is 19.4 Å². The third-order valence-corrected chi connectivity index (χ3v) is 2.57. The van der Waals surface area contributed by atoms with E-state index in [4.69, 9.17) is 0 Å². The highest BCUT2D eigenvalue weighted by Crippen LogP contribution is 2.28. The van der Waals surface area contributed by atoms with Crippen molar-refractivity contribution in [3.63, 3.8) is 0 Å². The number of hydrogen-bond acceptors (Lipinski definition) is 2. The van der Waals surface area contributed by atoms with Crippen LogP contribution in [-0.2, 0) is 4.75 Å². The number of pyridine rings is 1. The average molecular weight is 203 g/mol. The number of rotatable bonds is 1. The lowest BCUT2D eigenvalue weighted by molar-refractivity contribution is 0.793. The Morgan fingerprint density at radius 3 is 2.71 bits per heavy atom. The van der Waals surface area contributed by atoms with E-state index in [1.165, 1.54) is 10.9 Å². The minimum absolute atomic E-state index is 0.0932. The zero-order valence-electron chi connectivity index (χ0n) is 8.36. The van der Waals surface area contributed by atoms with Gasteiger partial charge in [0.2, 0.25) is 0 Å². The molecule has 0 aliphatic heterocycles. The maximum atomic E-state index is 4.55. The zero-order chi connectivity index (χ0) is 10.2. The quantitative estimate of drug-likeness (QED) is 0.701. The van der Waals surface area contributed by atoms with Crippen LogP contribution >= 0.6 is 12.6 Å². The molecule has 2 rings (SSSR count). The summed E-state index contributed by atoms with van der Waals surface area (Å²) in [7, 11) is 0. The van der Waals surface area contributed by atoms with Gasteiger partial charge in [0.25, 0.3) is 0 Å². The van der Waals surface area contributed by atoms with E-state index in [0.29, 0.717) is 0 Å². The summed E-state index contributed by atoms with van der Waals surface area (Å²) in [5.74, 6) is 0. The lowest BCUT2D eigenvalue weighted by Crippen LogP contribution is -2.07. The first-order valence-electron chi connectivity index (χ1n) is 4.65. The van der Waals surface area contributed by atoms with E-state index in [-0.39, 0.29) is 4.75 Å². The third-order valence-electron chi connectivity index (χ3n) is 2.31. The first-order valence-corrected chi connectivity index (χ1v) is 5.10. The van der Waals surface area contributed by atoms with Crippen LogP contribution in [0.4, 0.5) is 0 Å². The monoisotopic (exact) mass is 203 g/mol. The van der Waals surface area contributed by atoms with Crippen LogP contribution in [0.3, 0.4) is 0 Å². The van der Waals surface area contributed by atoms with Gasteiger partial charge in [0.1, 0.15) is 0 Å². The number of benzene rings is 1. The molecule has 0 aliphatic rings. The van der Waals surface area contributed by atoms with Crippen LogP contribution in [0, 0.1) is 0 Å². The molecule has 0 atom stereocenters. The summed E-state index contributed by atoms with van der Waals surface area (Å²) in [5, 5.41) is 1.17. The molecule has 0 bridgehead atoms. The van der Waals surface area contributed by atoms with Gasteiger partial charge in [0, 0.05) is 16.3 Å². The molecule has 1 aromatic carbocycles. The summed E-state index contributed by atoms with van der Waals surface area (Å²) in [4.78, 5) is 4.28. The van der Waals surface area contributed by atoms with Gasteiger partial charge < -0.3 is 0 Å². The predicted molar refractivity (Wildman–Crippen MR) is 63.8 cm³/mol. The molecule has 0 radical (unpaired) electrons. The first-order chi connectivity index (χ1) is 6.57. The van der Waals surface area contributed by atoms with Crippen molar-refractivity contribution in [3.05, 3.63) is 42.1 Å². The third kappa shape index (κ3) is 1.75. The smallest absolute Gasteiger partial charge is 0.0702 e. The highest BCUT2D eigenvalue weighted by molar-refractivity contribution is 7.81. The van der Waals surface area contributed by atoms with Crippen molar-refractivity contribution < 1.29 is 0 Å². The zero-order valence-corrected chi connectivity index (χ0v) is 9.25. The molecule has 0 unspecified atom stereocenters. The average Bonchev–Trinajstić information content (AvgIpc) is 2.16. The molecule has 0 spiro atoms. The van der Waals surface area contributed by atoms with Gasteiger partial charge >= 0.3 is 0 Å². The van der Waals surface area contributed by atoms with Gasteiger partial charge in [0.05, 0.1) is 5.52 Å². The molecule has 14 heavy (non-hydrogen) atoms. The van der Waals surface area contributed by atoms with E-state index in [1.807, 2.05) is 18.3 Å². The van der Waals surface area contributed by atoms with E-state index < -0.39 is 0 Å². The molecule has 0 amide bonds. The highest BCUT2D eigenvalue weighted by atomic mass is 32.1. The lowest BCUT2D eigenvalue weighted by atomic mass is 10.0. The molecule has 0 saturated heterocycles. The molecule has 0 fully saturated rings. The van der Waals surface area contributed by atoms with Gasteiger partial charge in [0.15, 0.2) is 0 Å². The molecular weight excluding hydrogens is 190 g/mol. The number of thiol groups is 1. The highest BCUT2D eigenvalue weighted by Gasteiger charge is 2.14. The Hall–Kier alpha value is -1.02. The number of nitrogens with zero attached hydrogens (tertiary/aromatic N) is 1. The Morgan fingerprint density at radius 2 is 2.00 bits per heavy atom. The van der Waals surface area contributed by atoms with Gasteiger partial charge in [-0.25, -0.2) is 0 Å². The summed E-state index contributed by atoms with van der Waals surface area (Å²) < 4.78 is -0.0932. The molecule has 72 valence electrons. The summed E-state index contributed by atoms with van der Waals surface area (Å²) >= 11 is 4.55. The van der Waals surface area contributed by atoms with E-state index in [2.05, 4.69) is 49.7 Å². The van der Waals surface area contributed by atoms with Crippen LogP contribution < -0.4 is 0 Å². The van der Waals surface area contributed by atoms with Crippen molar-refractivity contribution in [2.75, 3.05) is 0 Å². The second kappa shape index (κ2) is 3.28. The summed E-state index contributed by atoms with van der Waals surface area (Å²) in [6, 6.07) is 10.3. The minimum Gasteiger partial charge on any atom is -0.256 e. The molecule has 1 aromatic heterocycles. The van der Waals surface area contributed by atoms with E-state index >= 15 is 0 Å². The van der Waals surface area contributed by atoms with Crippen molar-refractivity contribution in [3.8, 4) is 0 Å². The van der Waals surface area contributed by atoms with Crippen LogP contribution in [0.2, 0.25) is 0 Å². The number of aromatic nitrogens is 1. The number of hydrogen-bond donors (Lipinski definition) is 1. The first kappa shape index (κ1) is 9.53. The van der Waals surface area contributed by atoms with Gasteiger partial charge in [-0.2, -0.15) is 12.6 Å². The largest absolute Gasteiger partial charge is 0.256 e. The van der Waals surface area contributed by atoms with E-state index in [0.717, 1.165) is 5.52 Å². The molecule has 1 nitrogen and oxygen atoms in total. The van der Waals surface area contributed by atoms with Gasteiger partial charge in [-0.3, -0.25) is 4.98 Å². The van der Waals surface area contributed by atoms with Crippen LogP contribution in [0.25, 0.3) is 10.9 Å². The van der Waals surface area contributed by atoms with Crippen molar-refractivity contribution in [1.82, 2.24) is 4.98 Å². The fraction of sp³-hybridized carbons (Fsp3) is 0.250. The minimum atomic E-state index is -0.0932. The Bertz CT molecular complexity index is 457. The normalized spacial score (nSPS) is 11.9. The van der Waals surface area contributed by atoms with Crippen molar-refractivity contribution in [2.45, 2.75) is 18.6 Å². The SMILES string of the molecule is CC(C)(S)c1ccc2ncccc2c1. The van der Waals surface area contributed by atoms with Crippen molar-refractivity contribution in [1.29, 1.82) is 0 Å². The van der Waals surface area contributed by atoms with Gasteiger partial charge in [-0.1, -0.05) is 12.1 Å². The Balaban J connectivity index is 2.63. The van der Waals surface area contributed by atoms with Crippen molar-refractivity contribution in [2.24, 2.45) is 0 Å². The number of fused-ring (bicyclic) bond motifs is 1. The molecule has 0 aliphatic carbocycles. The Labute approximate surface area is 89.6 Å². The second-order valence-corrected chi connectivity index (χ2v) is 5.09. The summed E-state index contributed by atoms with van der Waals surface area (Å²) in [6.45, 7) is 4.18. The van der Waals surface area contributed by atoms with Gasteiger partial charge in [-0.05, 0) is 37.6 Å². The molecule has 1 heterocycles. The van der Waals surface area contributed by atoms with Crippen LogP contribution in [-0.4, -0.2) is 4.98 Å². The van der Waals surface area contributed by atoms with E-state index in [9.17, 15) is 0 Å². The summed E-state index contributed by atoms with van der Waals surface area (Å²) in [5.41, 5.74) is 2.26. The molecular formula is C12H13NS. The molecule has 2 aromatic rings. The predicted octanol–water partition coefficient (Wildman–Crippen LogP) is 3.40. The van der Waals surface area contributed by atoms with Crippen LogP contribution in [0.15, 0.2) is 36.5 Å². The molecule has 0 saturated carbocycles. The van der Waals surface area contributed by atoms with Crippen LogP contribution in [0.5, 0.6) is 0 Å². The second-order valence-electron chi connectivity index (χ2n) is 3.97. The fourth-order valence-corrected chi connectivity index (χ4v) is 1.60. The van der Waals surface area contributed by atoms with Crippen molar-refractivity contribution >= 4 is 23.5 Å². The molecule has 2 heteroatoms. The Morgan fingerprint density at radius 1 is 1.21 bits per heavy atom. The molecule has 0 N–H and O–H groups in total. The maximum absolute atomic E-state index is 4.55. The van der Waals surface area contributed by atoms with Gasteiger partial charge in [-0.15, -0.1) is 0 Å². The summed E-state index contributed by atoms with van der Waals surface area (Å²) in [6.07, 6.45) is 1.81. The van der Waals surface area contributed by atoms with E-state index in [1.54, 1.807) is 0 Å². The topological polar surface area (TPSA) is 12.9 Å².